The number of rotatable bonds is 6. The van der Waals surface area contributed by atoms with Crippen molar-refractivity contribution in [2.24, 2.45) is 5.92 Å². The fourth-order valence-corrected chi connectivity index (χ4v) is 2.12. The number of esters is 1. The van der Waals surface area contributed by atoms with E-state index >= 15 is 0 Å². The molecular formula is C13H20F4O3. The van der Waals surface area contributed by atoms with Crippen LogP contribution >= 0.6 is 0 Å². The molecule has 7 heteroatoms. The van der Waals surface area contributed by atoms with E-state index in [4.69, 9.17) is 4.74 Å². The van der Waals surface area contributed by atoms with Gasteiger partial charge in [-0.15, -0.1) is 0 Å². The molecule has 1 rings (SSSR count). The highest BCUT2D eigenvalue weighted by molar-refractivity contribution is 5.72. The van der Waals surface area contributed by atoms with Gasteiger partial charge in [-0.2, -0.15) is 8.78 Å². The van der Waals surface area contributed by atoms with Gasteiger partial charge in [0.1, 0.15) is 0 Å². The smallest absolute Gasteiger partial charge is 0.310 e. The molecule has 1 aliphatic carbocycles. The fourth-order valence-electron chi connectivity index (χ4n) is 2.12. The highest BCUT2D eigenvalue weighted by Crippen LogP contribution is 2.37. The highest BCUT2D eigenvalue weighted by Gasteiger charge is 2.51. The van der Waals surface area contributed by atoms with Gasteiger partial charge in [0.25, 0.3) is 0 Å². The van der Waals surface area contributed by atoms with E-state index in [9.17, 15) is 27.5 Å². The molecule has 0 amide bonds. The maximum atomic E-state index is 12.9. The molecule has 0 aliphatic heterocycles. The van der Waals surface area contributed by atoms with E-state index in [2.05, 4.69) is 0 Å². The minimum Gasteiger partial charge on any atom is -0.465 e. The summed E-state index contributed by atoms with van der Waals surface area (Å²) < 4.78 is 55.8. The van der Waals surface area contributed by atoms with E-state index in [-0.39, 0.29) is 25.9 Å². The Kier molecular flexibility index (Phi) is 5.79. The van der Waals surface area contributed by atoms with Gasteiger partial charge in [-0.05, 0) is 32.1 Å². The summed E-state index contributed by atoms with van der Waals surface area (Å²) in [4.78, 5) is 11.6. The van der Waals surface area contributed by atoms with Crippen LogP contribution < -0.4 is 0 Å². The Morgan fingerprint density at radius 3 is 2.25 bits per heavy atom. The van der Waals surface area contributed by atoms with Crippen molar-refractivity contribution in [1.82, 2.24) is 0 Å². The lowest BCUT2D eigenvalue weighted by molar-refractivity contribution is -0.202. The molecule has 0 unspecified atom stereocenters. The second kappa shape index (κ2) is 6.74. The van der Waals surface area contributed by atoms with Gasteiger partial charge in [0.15, 0.2) is 0 Å². The normalized spacial score (nSPS) is 24.5. The maximum Gasteiger partial charge on any atom is 0.310 e. The molecule has 20 heavy (non-hydrogen) atoms. The third-order valence-corrected chi connectivity index (χ3v) is 3.55. The van der Waals surface area contributed by atoms with Gasteiger partial charge in [-0.1, -0.05) is 0 Å². The second-order valence-corrected chi connectivity index (χ2v) is 5.37. The van der Waals surface area contributed by atoms with E-state index in [1.807, 2.05) is 0 Å². The molecule has 0 spiro atoms. The van der Waals surface area contributed by atoms with Gasteiger partial charge in [-0.25, -0.2) is 8.78 Å². The molecular weight excluding hydrogens is 280 g/mol. The first kappa shape index (κ1) is 17.2. The third-order valence-electron chi connectivity index (χ3n) is 3.55. The molecule has 0 aromatic carbocycles. The largest absolute Gasteiger partial charge is 0.465 e. The van der Waals surface area contributed by atoms with Crippen molar-refractivity contribution in [2.75, 3.05) is 6.61 Å². The number of carbonyl (C=O) groups excluding carboxylic acids is 1. The van der Waals surface area contributed by atoms with Gasteiger partial charge in [0.05, 0.1) is 18.6 Å². The lowest BCUT2D eigenvalue weighted by Crippen LogP contribution is -2.37. The minimum absolute atomic E-state index is 0.173. The number of hydrogen-bond acceptors (Lipinski definition) is 3. The Balaban J connectivity index is 2.23. The average Bonchev–Trinajstić information content (AvgIpc) is 2.34. The van der Waals surface area contributed by atoms with E-state index in [0.717, 1.165) is 0 Å². The van der Waals surface area contributed by atoms with Crippen molar-refractivity contribution in [1.29, 1.82) is 0 Å². The number of aliphatic hydroxyl groups excluding tert-OH is 1. The monoisotopic (exact) mass is 300 g/mol. The highest BCUT2D eigenvalue weighted by atomic mass is 19.3. The summed E-state index contributed by atoms with van der Waals surface area (Å²) in [5.41, 5.74) is 0. The summed E-state index contributed by atoms with van der Waals surface area (Å²) >= 11 is 0. The zero-order valence-electron chi connectivity index (χ0n) is 11.4. The van der Waals surface area contributed by atoms with Crippen molar-refractivity contribution in [3.63, 3.8) is 0 Å². The molecule has 3 nitrogen and oxygen atoms in total. The summed E-state index contributed by atoms with van der Waals surface area (Å²) in [6.07, 6.45) is 0.307. The van der Waals surface area contributed by atoms with Crippen LogP contribution in [0.25, 0.3) is 0 Å². The van der Waals surface area contributed by atoms with Crippen LogP contribution in [0.15, 0.2) is 0 Å². The molecule has 0 bridgehead atoms. The second-order valence-electron chi connectivity index (χ2n) is 5.37. The molecule has 1 saturated carbocycles. The van der Waals surface area contributed by atoms with Crippen LogP contribution in [0, 0.1) is 5.92 Å². The number of aliphatic hydroxyl groups is 1. The molecule has 1 aliphatic rings. The van der Waals surface area contributed by atoms with Crippen LogP contribution in [0.3, 0.4) is 0 Å². The Morgan fingerprint density at radius 1 is 1.20 bits per heavy atom. The molecule has 0 aromatic heterocycles. The lowest BCUT2D eigenvalue weighted by atomic mass is 9.87. The summed E-state index contributed by atoms with van der Waals surface area (Å²) in [7, 11) is 0. The van der Waals surface area contributed by atoms with Crippen molar-refractivity contribution >= 4 is 5.97 Å². The zero-order valence-corrected chi connectivity index (χ0v) is 11.4. The van der Waals surface area contributed by atoms with Gasteiger partial charge < -0.3 is 9.84 Å². The number of carbonyl (C=O) groups is 1. The summed E-state index contributed by atoms with van der Waals surface area (Å²) in [5, 5.41) is 9.28. The van der Waals surface area contributed by atoms with Gasteiger partial charge in [0.2, 0.25) is 0 Å². The van der Waals surface area contributed by atoms with Crippen molar-refractivity contribution in [2.45, 2.75) is 63.4 Å². The van der Waals surface area contributed by atoms with E-state index < -0.39 is 30.3 Å². The van der Waals surface area contributed by atoms with Crippen LogP contribution in [0.4, 0.5) is 17.6 Å². The Morgan fingerprint density at radius 2 is 1.75 bits per heavy atom. The van der Waals surface area contributed by atoms with Gasteiger partial charge >= 0.3 is 17.8 Å². The van der Waals surface area contributed by atoms with Crippen LogP contribution in [-0.4, -0.2) is 35.6 Å². The standard InChI is InChI=1S/C13H20F4O3/c1-12(14,15)13(16,17)7-2-8-20-11(19)9-3-5-10(18)6-4-9/h9-10,18H,2-8H2,1H3. The summed E-state index contributed by atoms with van der Waals surface area (Å²) in [6, 6.07) is 0. The predicted octanol–water partition coefficient (Wildman–Crippen LogP) is 3.15. The van der Waals surface area contributed by atoms with Crippen molar-refractivity contribution in [3.8, 4) is 0 Å². The third kappa shape index (κ3) is 4.92. The molecule has 118 valence electrons. The van der Waals surface area contributed by atoms with Gasteiger partial charge in [-0.3, -0.25) is 4.79 Å². The number of ether oxygens (including phenoxy) is 1. The fraction of sp³-hybridized carbons (Fsp3) is 0.923. The number of halogens is 4. The first-order valence-electron chi connectivity index (χ1n) is 6.74. The van der Waals surface area contributed by atoms with Crippen LogP contribution in [0.1, 0.15) is 45.4 Å². The van der Waals surface area contributed by atoms with Crippen LogP contribution in [-0.2, 0) is 9.53 Å². The molecule has 0 heterocycles. The minimum atomic E-state index is -4.09. The SMILES string of the molecule is CC(F)(F)C(F)(F)CCCOC(=O)C1CCC(O)CC1. The predicted molar refractivity (Wildman–Crippen MR) is 63.7 cm³/mol. The lowest BCUT2D eigenvalue weighted by Gasteiger charge is -2.24. The molecule has 0 atom stereocenters. The maximum absolute atomic E-state index is 12.9. The Labute approximate surface area is 115 Å². The molecule has 0 aromatic rings. The summed E-state index contributed by atoms with van der Waals surface area (Å²) in [5.74, 6) is -8.99. The van der Waals surface area contributed by atoms with Crippen LogP contribution in [0.5, 0.6) is 0 Å². The Hall–Kier alpha value is -0.850. The molecule has 0 saturated heterocycles. The van der Waals surface area contributed by atoms with Crippen molar-refractivity contribution in [3.05, 3.63) is 0 Å². The molecule has 0 radical (unpaired) electrons. The first-order valence-corrected chi connectivity index (χ1v) is 6.74. The molecule has 1 fully saturated rings. The van der Waals surface area contributed by atoms with E-state index in [1.54, 1.807) is 0 Å². The zero-order chi connectivity index (χ0) is 15.4. The first-order chi connectivity index (χ1) is 9.13. The Bertz CT molecular complexity index is 320. The van der Waals surface area contributed by atoms with E-state index in [0.29, 0.717) is 25.7 Å². The van der Waals surface area contributed by atoms with Gasteiger partial charge in [0, 0.05) is 13.3 Å². The number of hydrogen-bond donors (Lipinski definition) is 1. The van der Waals surface area contributed by atoms with Crippen LogP contribution in [0.2, 0.25) is 0 Å². The topological polar surface area (TPSA) is 46.5 Å². The van der Waals surface area contributed by atoms with Crippen molar-refractivity contribution < 1.29 is 32.2 Å². The molecule has 1 N–H and O–H groups in total. The average molecular weight is 300 g/mol. The van der Waals surface area contributed by atoms with E-state index in [1.165, 1.54) is 0 Å². The summed E-state index contributed by atoms with van der Waals surface area (Å²) in [6.45, 7) is -0.115. The quantitative estimate of drug-likeness (QED) is 0.465. The number of alkyl halides is 4.